The van der Waals surface area contributed by atoms with E-state index in [4.69, 9.17) is 9.47 Å². The lowest BCUT2D eigenvalue weighted by Gasteiger charge is -2.47. The van der Waals surface area contributed by atoms with Crippen LogP contribution in [0.25, 0.3) is 0 Å². The third-order valence-electron chi connectivity index (χ3n) is 7.95. The minimum absolute atomic E-state index is 0.182. The molecule has 9 nitrogen and oxygen atoms in total. The number of amides is 1. The van der Waals surface area contributed by atoms with Crippen LogP contribution in [0.1, 0.15) is 38.5 Å². The fourth-order valence-corrected chi connectivity index (χ4v) is 7.03. The number of aromatic nitrogens is 1. The van der Waals surface area contributed by atoms with Crippen LogP contribution in [0.15, 0.2) is 23.2 Å². The zero-order valence-electron chi connectivity index (χ0n) is 19.2. The molecule has 1 aromatic rings. The summed E-state index contributed by atoms with van der Waals surface area (Å²) >= 11 is 0. The Kier molecular flexibility index (Phi) is 6.61. The number of carbonyl (C=O) groups excluding carboxylic acids is 1. The van der Waals surface area contributed by atoms with Crippen LogP contribution in [0.3, 0.4) is 0 Å². The Labute approximate surface area is 196 Å². The zero-order valence-corrected chi connectivity index (χ0v) is 20.0. The number of cyclic esters (lactones) is 1. The van der Waals surface area contributed by atoms with Crippen molar-refractivity contribution in [2.45, 2.75) is 43.4 Å². The van der Waals surface area contributed by atoms with Gasteiger partial charge in [-0.15, -0.1) is 0 Å². The second-order valence-electron chi connectivity index (χ2n) is 9.88. The lowest BCUT2D eigenvalue weighted by molar-refractivity contribution is 0.0233. The third-order valence-corrected chi connectivity index (χ3v) is 9.84. The van der Waals surface area contributed by atoms with Crippen molar-refractivity contribution in [3.05, 3.63) is 18.3 Å². The van der Waals surface area contributed by atoms with Crippen LogP contribution in [0.5, 0.6) is 0 Å². The van der Waals surface area contributed by atoms with E-state index < -0.39 is 16.1 Å². The minimum atomic E-state index is -3.59. The molecule has 0 radical (unpaired) electrons. The predicted octanol–water partition coefficient (Wildman–Crippen LogP) is 2.33. The van der Waals surface area contributed by atoms with Crippen LogP contribution in [0.4, 0.5) is 10.6 Å². The van der Waals surface area contributed by atoms with Crippen molar-refractivity contribution in [1.82, 2.24) is 14.2 Å². The van der Waals surface area contributed by atoms with Crippen molar-refractivity contribution >= 4 is 21.9 Å². The first kappa shape index (κ1) is 23.0. The zero-order chi connectivity index (χ0) is 22.9. The highest BCUT2D eigenvalue weighted by Gasteiger charge is 2.41. The summed E-state index contributed by atoms with van der Waals surface area (Å²) in [6.07, 6.45) is 7.41. The Balaban J connectivity index is 1.15. The maximum Gasteiger partial charge on any atom is 0.415 e. The first-order valence-corrected chi connectivity index (χ1v) is 13.6. The number of anilines is 1. The molecule has 4 aliphatic heterocycles. The second kappa shape index (κ2) is 9.48. The summed E-state index contributed by atoms with van der Waals surface area (Å²) in [7, 11) is -3.59. The first-order valence-electron chi connectivity index (χ1n) is 12.2. The number of rotatable bonds is 5. The maximum absolute atomic E-state index is 13.2. The predicted molar refractivity (Wildman–Crippen MR) is 123 cm³/mol. The molecule has 4 fully saturated rings. The van der Waals surface area contributed by atoms with Crippen LogP contribution in [0, 0.1) is 11.3 Å². The van der Waals surface area contributed by atoms with E-state index in [2.05, 4.69) is 9.88 Å². The SMILES string of the molecule is O=C1OCCN1c1ccc(S(=O)(=O)N2CCC3(CCN(CC4CCOCC4)CC3)CC2)cn1. The highest BCUT2D eigenvalue weighted by atomic mass is 32.2. The summed E-state index contributed by atoms with van der Waals surface area (Å²) in [6.45, 7) is 7.08. The molecular formula is C23H34N4O5S. The van der Waals surface area contributed by atoms with E-state index in [1.807, 2.05) is 0 Å². The van der Waals surface area contributed by atoms with Crippen molar-refractivity contribution in [3.8, 4) is 0 Å². The highest BCUT2D eigenvalue weighted by molar-refractivity contribution is 7.89. The number of hydrogen-bond acceptors (Lipinski definition) is 7. The number of ether oxygens (including phenoxy) is 2. The van der Waals surface area contributed by atoms with Crippen molar-refractivity contribution in [1.29, 1.82) is 0 Å². The molecule has 10 heteroatoms. The molecule has 0 aromatic carbocycles. The summed E-state index contributed by atoms with van der Waals surface area (Å²) in [5, 5.41) is 0. The molecule has 0 N–H and O–H groups in total. The topological polar surface area (TPSA) is 92.3 Å². The van der Waals surface area contributed by atoms with Crippen LogP contribution < -0.4 is 4.90 Å². The molecule has 5 rings (SSSR count). The molecule has 0 saturated carbocycles. The summed E-state index contributed by atoms with van der Waals surface area (Å²) < 4.78 is 38.4. The van der Waals surface area contributed by atoms with Crippen LogP contribution in [0.2, 0.25) is 0 Å². The average molecular weight is 479 g/mol. The number of carbonyl (C=O) groups is 1. The lowest BCUT2D eigenvalue weighted by atomic mass is 9.71. The van der Waals surface area contributed by atoms with Gasteiger partial charge in [0.1, 0.15) is 17.3 Å². The Morgan fingerprint density at radius 1 is 0.970 bits per heavy atom. The van der Waals surface area contributed by atoms with Gasteiger partial charge in [-0.3, -0.25) is 4.90 Å². The summed E-state index contributed by atoms with van der Waals surface area (Å²) in [4.78, 5) is 20.1. The minimum Gasteiger partial charge on any atom is -0.447 e. The molecule has 0 unspecified atom stereocenters. The van der Waals surface area contributed by atoms with Crippen molar-refractivity contribution in [3.63, 3.8) is 0 Å². The van der Waals surface area contributed by atoms with E-state index >= 15 is 0 Å². The van der Waals surface area contributed by atoms with Gasteiger partial charge in [-0.2, -0.15) is 4.31 Å². The molecule has 1 spiro atoms. The Morgan fingerprint density at radius 3 is 2.27 bits per heavy atom. The Bertz CT molecular complexity index is 930. The van der Waals surface area contributed by atoms with Crippen LogP contribution >= 0.6 is 0 Å². The van der Waals surface area contributed by atoms with Gasteiger partial charge in [-0.05, 0) is 75.1 Å². The normalized spacial score (nSPS) is 25.5. The lowest BCUT2D eigenvalue weighted by Crippen LogP contribution is -2.49. The van der Waals surface area contributed by atoms with E-state index in [0.717, 1.165) is 57.9 Å². The summed E-state index contributed by atoms with van der Waals surface area (Å²) in [5.74, 6) is 1.18. The number of hydrogen-bond donors (Lipinski definition) is 0. The third kappa shape index (κ3) is 4.89. The number of nitrogens with zero attached hydrogens (tertiary/aromatic N) is 4. The van der Waals surface area contributed by atoms with Gasteiger partial charge in [-0.25, -0.2) is 18.2 Å². The van der Waals surface area contributed by atoms with E-state index in [9.17, 15) is 13.2 Å². The molecular weight excluding hydrogens is 444 g/mol. The number of likely N-dealkylation sites (tertiary alicyclic amines) is 1. The van der Waals surface area contributed by atoms with Crippen molar-refractivity contribution < 1.29 is 22.7 Å². The second-order valence-corrected chi connectivity index (χ2v) is 11.8. The highest BCUT2D eigenvalue weighted by Crippen LogP contribution is 2.42. The number of pyridine rings is 1. The van der Waals surface area contributed by atoms with Gasteiger partial charge in [0, 0.05) is 39.0 Å². The molecule has 1 amide bonds. The van der Waals surface area contributed by atoms with Gasteiger partial charge in [0.25, 0.3) is 0 Å². The summed E-state index contributed by atoms with van der Waals surface area (Å²) in [5.41, 5.74) is 0.274. The molecule has 0 atom stereocenters. The van der Waals surface area contributed by atoms with E-state index in [1.54, 1.807) is 16.4 Å². The standard InChI is InChI=1S/C23H34N4O5S/c28-22-27(13-16-32-22)21-2-1-20(17-24-21)33(29,30)26-11-7-23(8-12-26)5-9-25(10-6-23)18-19-3-14-31-15-4-19/h1-2,17,19H,3-16,18H2. The van der Waals surface area contributed by atoms with E-state index in [1.165, 1.54) is 30.5 Å². The van der Waals surface area contributed by atoms with Crippen molar-refractivity contribution in [2.24, 2.45) is 11.3 Å². The van der Waals surface area contributed by atoms with Crippen LogP contribution in [-0.4, -0.2) is 87.8 Å². The number of piperidine rings is 2. The number of sulfonamides is 1. The molecule has 5 heterocycles. The molecule has 4 saturated heterocycles. The molecule has 0 bridgehead atoms. The van der Waals surface area contributed by atoms with Crippen molar-refractivity contribution in [2.75, 3.05) is 64.0 Å². The largest absolute Gasteiger partial charge is 0.447 e. The fourth-order valence-electron chi connectivity index (χ4n) is 5.64. The molecule has 33 heavy (non-hydrogen) atoms. The molecule has 1 aromatic heterocycles. The smallest absolute Gasteiger partial charge is 0.415 e. The quantitative estimate of drug-likeness (QED) is 0.641. The van der Waals surface area contributed by atoms with Gasteiger partial charge in [0.2, 0.25) is 10.0 Å². The van der Waals surface area contributed by atoms with Gasteiger partial charge in [-0.1, -0.05) is 0 Å². The van der Waals surface area contributed by atoms with Gasteiger partial charge in [0.05, 0.1) is 6.54 Å². The molecule has 182 valence electrons. The average Bonchev–Trinajstić information content (AvgIpc) is 3.28. The summed E-state index contributed by atoms with van der Waals surface area (Å²) in [6, 6.07) is 3.13. The first-order chi connectivity index (χ1) is 16.0. The van der Waals surface area contributed by atoms with Gasteiger partial charge >= 0.3 is 6.09 Å². The van der Waals surface area contributed by atoms with E-state index in [0.29, 0.717) is 32.1 Å². The van der Waals surface area contributed by atoms with Gasteiger partial charge < -0.3 is 14.4 Å². The van der Waals surface area contributed by atoms with Crippen LogP contribution in [-0.2, 0) is 19.5 Å². The Hall–Kier alpha value is -1.75. The van der Waals surface area contributed by atoms with Gasteiger partial charge in [0.15, 0.2) is 0 Å². The molecule has 4 aliphatic rings. The fraction of sp³-hybridized carbons (Fsp3) is 0.739. The maximum atomic E-state index is 13.2. The monoisotopic (exact) mass is 478 g/mol. The Morgan fingerprint density at radius 2 is 1.67 bits per heavy atom. The molecule has 0 aliphatic carbocycles. The van der Waals surface area contributed by atoms with E-state index in [-0.39, 0.29) is 10.3 Å².